The third-order valence-corrected chi connectivity index (χ3v) is 4.57. The molecule has 19 heavy (non-hydrogen) atoms. The fourth-order valence-corrected chi connectivity index (χ4v) is 3.45. The van der Waals surface area contributed by atoms with Crippen molar-refractivity contribution in [3.05, 3.63) is 28.8 Å². The number of carboxylic acids is 1. The van der Waals surface area contributed by atoms with Gasteiger partial charge in [-0.2, -0.15) is 0 Å². The molecular formula is C12H16ClNO4S. The lowest BCUT2D eigenvalue weighted by atomic mass is 10.2. The van der Waals surface area contributed by atoms with Crippen LogP contribution in [-0.2, 0) is 14.8 Å². The molecule has 7 heteroatoms. The van der Waals surface area contributed by atoms with E-state index in [1.165, 1.54) is 6.07 Å². The molecule has 1 atom stereocenters. The first-order valence-corrected chi connectivity index (χ1v) is 7.62. The number of carboxylic acid groups (broad SMARTS) is 1. The summed E-state index contributed by atoms with van der Waals surface area (Å²) in [7, 11) is -3.77. The van der Waals surface area contributed by atoms with E-state index in [0.29, 0.717) is 17.0 Å². The van der Waals surface area contributed by atoms with Crippen LogP contribution in [0.2, 0.25) is 5.02 Å². The molecule has 0 radical (unpaired) electrons. The van der Waals surface area contributed by atoms with Crippen molar-refractivity contribution in [1.82, 2.24) is 4.72 Å². The zero-order valence-electron chi connectivity index (χ0n) is 10.7. The summed E-state index contributed by atoms with van der Waals surface area (Å²) in [5.41, 5.74) is 0.557. The van der Waals surface area contributed by atoms with Crippen LogP contribution in [0, 0.1) is 6.92 Å². The molecule has 0 bridgehead atoms. The maximum absolute atomic E-state index is 12.2. The second kappa shape index (κ2) is 6.36. The second-order valence-corrected chi connectivity index (χ2v) is 6.35. The first kappa shape index (κ1) is 15.9. The number of hydrogen-bond donors (Lipinski definition) is 2. The summed E-state index contributed by atoms with van der Waals surface area (Å²) in [5.74, 6) is -1.04. The molecule has 0 aliphatic rings. The van der Waals surface area contributed by atoms with E-state index in [1.807, 2.05) is 0 Å². The van der Waals surface area contributed by atoms with Crippen LogP contribution in [0.4, 0.5) is 0 Å². The van der Waals surface area contributed by atoms with Crippen molar-refractivity contribution in [2.75, 3.05) is 0 Å². The molecule has 106 valence electrons. The standard InChI is InChI=1S/C12H16ClNO4S/c1-3-10(7-12(15)16)14-19(17,18)11-6-9(13)5-4-8(11)2/h4-6,10,14H,3,7H2,1-2H3,(H,15,16). The van der Waals surface area contributed by atoms with Gasteiger partial charge in [-0.1, -0.05) is 24.6 Å². The Kier molecular flexibility index (Phi) is 5.34. The average molecular weight is 306 g/mol. The highest BCUT2D eigenvalue weighted by Gasteiger charge is 2.22. The van der Waals surface area contributed by atoms with Crippen LogP contribution < -0.4 is 4.72 Å². The quantitative estimate of drug-likeness (QED) is 0.844. The van der Waals surface area contributed by atoms with E-state index in [4.69, 9.17) is 16.7 Å². The zero-order valence-corrected chi connectivity index (χ0v) is 12.3. The van der Waals surface area contributed by atoms with Crippen LogP contribution in [0.3, 0.4) is 0 Å². The summed E-state index contributed by atoms with van der Waals surface area (Å²) in [6, 6.07) is 3.92. The minimum atomic E-state index is -3.77. The summed E-state index contributed by atoms with van der Waals surface area (Å²) in [6.07, 6.45) is 0.139. The molecule has 1 aromatic rings. The fourth-order valence-electron chi connectivity index (χ4n) is 1.63. The highest BCUT2D eigenvalue weighted by Crippen LogP contribution is 2.20. The van der Waals surface area contributed by atoms with Crippen LogP contribution in [0.15, 0.2) is 23.1 Å². The Bertz CT molecular complexity index is 571. The highest BCUT2D eigenvalue weighted by atomic mass is 35.5. The lowest BCUT2D eigenvalue weighted by molar-refractivity contribution is -0.137. The normalized spacial score (nSPS) is 13.2. The smallest absolute Gasteiger partial charge is 0.304 e. The van der Waals surface area contributed by atoms with Gasteiger partial charge in [0.25, 0.3) is 0 Å². The van der Waals surface area contributed by atoms with E-state index in [-0.39, 0.29) is 11.3 Å². The van der Waals surface area contributed by atoms with Gasteiger partial charge in [0.05, 0.1) is 11.3 Å². The third-order valence-electron chi connectivity index (χ3n) is 2.68. The molecule has 0 saturated heterocycles. The van der Waals surface area contributed by atoms with E-state index in [0.717, 1.165) is 0 Å². The Labute approximate surface area is 117 Å². The Morgan fingerprint density at radius 3 is 2.63 bits per heavy atom. The van der Waals surface area contributed by atoms with Crippen molar-refractivity contribution in [1.29, 1.82) is 0 Å². The number of aryl methyl sites for hydroxylation is 1. The summed E-state index contributed by atoms with van der Waals surface area (Å²) in [5, 5.41) is 9.04. The number of rotatable bonds is 6. The maximum Gasteiger partial charge on any atom is 0.304 e. The highest BCUT2D eigenvalue weighted by molar-refractivity contribution is 7.89. The van der Waals surface area contributed by atoms with Crippen molar-refractivity contribution >= 4 is 27.6 Å². The van der Waals surface area contributed by atoms with Gasteiger partial charge in [0.1, 0.15) is 0 Å². The van der Waals surface area contributed by atoms with Crippen molar-refractivity contribution in [3.63, 3.8) is 0 Å². The molecule has 5 nitrogen and oxygen atoms in total. The summed E-state index contributed by atoms with van der Waals surface area (Å²) >= 11 is 5.79. The number of carbonyl (C=O) groups is 1. The monoisotopic (exact) mass is 305 g/mol. The zero-order chi connectivity index (χ0) is 14.6. The van der Waals surface area contributed by atoms with Crippen molar-refractivity contribution in [3.8, 4) is 0 Å². The predicted molar refractivity (Wildman–Crippen MR) is 72.8 cm³/mol. The summed E-state index contributed by atoms with van der Waals surface area (Å²) < 4.78 is 26.8. The van der Waals surface area contributed by atoms with Crippen LogP contribution in [0.1, 0.15) is 25.3 Å². The van der Waals surface area contributed by atoms with Gasteiger partial charge in [-0.15, -0.1) is 0 Å². The van der Waals surface area contributed by atoms with E-state index in [1.54, 1.807) is 26.0 Å². The molecule has 0 aliphatic heterocycles. The number of benzene rings is 1. The number of halogens is 1. The van der Waals surface area contributed by atoms with E-state index in [9.17, 15) is 13.2 Å². The van der Waals surface area contributed by atoms with Crippen molar-refractivity contribution < 1.29 is 18.3 Å². The van der Waals surface area contributed by atoms with Gasteiger partial charge in [0.2, 0.25) is 10.0 Å². The molecule has 0 aromatic heterocycles. The number of hydrogen-bond acceptors (Lipinski definition) is 3. The average Bonchev–Trinajstić information content (AvgIpc) is 2.30. The first-order valence-electron chi connectivity index (χ1n) is 5.76. The minimum Gasteiger partial charge on any atom is -0.481 e. The molecule has 1 aromatic carbocycles. The molecule has 1 unspecified atom stereocenters. The van der Waals surface area contributed by atoms with Gasteiger partial charge >= 0.3 is 5.97 Å². The van der Waals surface area contributed by atoms with E-state index in [2.05, 4.69) is 4.72 Å². The minimum absolute atomic E-state index is 0.0730. The first-order chi connectivity index (χ1) is 8.76. The van der Waals surface area contributed by atoms with Crippen LogP contribution in [0.25, 0.3) is 0 Å². The van der Waals surface area contributed by atoms with Gasteiger partial charge < -0.3 is 5.11 Å². The van der Waals surface area contributed by atoms with Crippen LogP contribution >= 0.6 is 11.6 Å². The Balaban J connectivity index is 3.03. The lowest BCUT2D eigenvalue weighted by Crippen LogP contribution is -2.36. The third kappa shape index (κ3) is 4.49. The van der Waals surface area contributed by atoms with E-state index >= 15 is 0 Å². The molecule has 0 amide bonds. The number of nitrogens with one attached hydrogen (secondary N) is 1. The Morgan fingerprint density at radius 2 is 2.11 bits per heavy atom. The Hall–Kier alpha value is -1.11. The summed E-state index contributed by atoms with van der Waals surface area (Å²) in [6.45, 7) is 3.38. The molecular weight excluding hydrogens is 290 g/mol. The van der Waals surface area contributed by atoms with E-state index < -0.39 is 22.0 Å². The van der Waals surface area contributed by atoms with Crippen LogP contribution in [-0.4, -0.2) is 25.5 Å². The SMILES string of the molecule is CCC(CC(=O)O)NS(=O)(=O)c1cc(Cl)ccc1C. The number of sulfonamides is 1. The molecule has 0 fully saturated rings. The molecule has 0 aliphatic carbocycles. The van der Waals surface area contributed by atoms with Gasteiger partial charge in [0.15, 0.2) is 0 Å². The number of aliphatic carboxylic acids is 1. The molecule has 0 heterocycles. The van der Waals surface area contributed by atoms with Crippen molar-refractivity contribution in [2.45, 2.75) is 37.6 Å². The largest absolute Gasteiger partial charge is 0.481 e. The lowest BCUT2D eigenvalue weighted by Gasteiger charge is -2.16. The molecule has 0 spiro atoms. The topological polar surface area (TPSA) is 83.5 Å². The van der Waals surface area contributed by atoms with Crippen molar-refractivity contribution in [2.24, 2.45) is 0 Å². The Morgan fingerprint density at radius 1 is 1.47 bits per heavy atom. The maximum atomic E-state index is 12.2. The van der Waals surface area contributed by atoms with Gasteiger partial charge in [-0.25, -0.2) is 13.1 Å². The van der Waals surface area contributed by atoms with Gasteiger partial charge in [0, 0.05) is 11.1 Å². The van der Waals surface area contributed by atoms with Gasteiger partial charge in [-0.05, 0) is 31.0 Å². The summed E-state index contributed by atoms with van der Waals surface area (Å²) in [4.78, 5) is 10.7. The fraction of sp³-hybridized carbons (Fsp3) is 0.417. The van der Waals surface area contributed by atoms with Crippen LogP contribution in [0.5, 0.6) is 0 Å². The molecule has 1 rings (SSSR count). The molecule has 0 saturated carbocycles. The second-order valence-electron chi connectivity index (χ2n) is 4.23. The van der Waals surface area contributed by atoms with Gasteiger partial charge in [-0.3, -0.25) is 4.79 Å². The molecule has 2 N–H and O–H groups in total. The predicted octanol–water partition coefficient (Wildman–Crippen LogP) is 2.18.